The number of hydrogen-bond donors (Lipinski definition) is 2. The number of fused-ring (bicyclic) bond motifs is 1. The van der Waals surface area contributed by atoms with Gasteiger partial charge in [0.2, 0.25) is 0 Å². The van der Waals surface area contributed by atoms with Crippen LogP contribution in [0.3, 0.4) is 0 Å². The molecule has 0 saturated heterocycles. The molecule has 0 fully saturated rings. The molecule has 1 aromatic carbocycles. The van der Waals surface area contributed by atoms with Gasteiger partial charge in [0.1, 0.15) is 5.92 Å². The van der Waals surface area contributed by atoms with Crippen molar-refractivity contribution in [1.82, 2.24) is 4.98 Å². The number of nitrogens with one attached hydrogen (secondary N) is 1. The molecule has 0 radical (unpaired) electrons. The van der Waals surface area contributed by atoms with Gasteiger partial charge in [-0.2, -0.15) is 0 Å². The maximum atomic E-state index is 11.2. The Morgan fingerprint density at radius 1 is 1.43 bits per heavy atom. The van der Waals surface area contributed by atoms with Crippen LogP contribution in [0.1, 0.15) is 28.5 Å². The van der Waals surface area contributed by atoms with Crippen molar-refractivity contribution in [2.75, 3.05) is 5.32 Å². The van der Waals surface area contributed by atoms with Gasteiger partial charge in [-0.25, -0.2) is 4.98 Å². The molecular formula is C14H12Br2N2O2S. The Labute approximate surface area is 142 Å². The molecule has 0 bridgehead atoms. The molecule has 7 heteroatoms. The van der Waals surface area contributed by atoms with Gasteiger partial charge in [0.25, 0.3) is 0 Å². The number of aryl methyl sites for hydroxylation is 2. The normalized spacial score (nSPS) is 16.8. The molecule has 1 heterocycles. The van der Waals surface area contributed by atoms with E-state index in [-0.39, 0.29) is 0 Å². The zero-order chi connectivity index (χ0) is 15.1. The van der Waals surface area contributed by atoms with E-state index in [0.717, 1.165) is 36.6 Å². The lowest BCUT2D eigenvalue weighted by atomic mass is 10.1. The number of carbonyl (C=O) groups is 1. The smallest absolute Gasteiger partial charge is 0.312 e. The van der Waals surface area contributed by atoms with Gasteiger partial charge < -0.3 is 10.4 Å². The predicted molar refractivity (Wildman–Crippen MR) is 90.7 cm³/mol. The van der Waals surface area contributed by atoms with Gasteiger partial charge in [-0.3, -0.25) is 4.79 Å². The van der Waals surface area contributed by atoms with Crippen LogP contribution in [0, 0.1) is 6.92 Å². The number of aromatic nitrogens is 1. The van der Waals surface area contributed by atoms with Gasteiger partial charge >= 0.3 is 5.97 Å². The van der Waals surface area contributed by atoms with Crippen LogP contribution in [0.2, 0.25) is 0 Å². The van der Waals surface area contributed by atoms with Crippen molar-refractivity contribution in [2.24, 2.45) is 0 Å². The minimum atomic E-state index is -0.789. The highest BCUT2D eigenvalue weighted by Crippen LogP contribution is 2.41. The lowest BCUT2D eigenvalue weighted by Crippen LogP contribution is -2.08. The molecule has 2 aromatic rings. The Balaban J connectivity index is 1.91. The van der Waals surface area contributed by atoms with E-state index in [4.69, 9.17) is 0 Å². The van der Waals surface area contributed by atoms with Crippen molar-refractivity contribution in [2.45, 2.75) is 25.7 Å². The Kier molecular flexibility index (Phi) is 4.07. The van der Waals surface area contributed by atoms with Gasteiger partial charge in [-0.05, 0) is 69.3 Å². The number of nitrogens with zero attached hydrogens (tertiary/aromatic N) is 1. The number of benzene rings is 1. The van der Waals surface area contributed by atoms with Crippen molar-refractivity contribution in [1.29, 1.82) is 0 Å². The van der Waals surface area contributed by atoms with Crippen LogP contribution in [0.25, 0.3) is 0 Å². The summed E-state index contributed by atoms with van der Waals surface area (Å²) < 4.78 is 1.89. The SMILES string of the molecule is Cc1cc(Br)c(Nc2nc3c(s2)CCC3C(=O)O)c(Br)c1. The molecule has 4 nitrogen and oxygen atoms in total. The Morgan fingerprint density at radius 3 is 2.71 bits per heavy atom. The lowest BCUT2D eigenvalue weighted by Gasteiger charge is -2.10. The summed E-state index contributed by atoms with van der Waals surface area (Å²) in [5.74, 6) is -1.25. The minimum absolute atomic E-state index is 0.461. The monoisotopic (exact) mass is 430 g/mol. The predicted octanol–water partition coefficient (Wildman–Crippen LogP) is 4.83. The first-order valence-electron chi connectivity index (χ1n) is 6.41. The van der Waals surface area contributed by atoms with Gasteiger partial charge in [0.15, 0.2) is 5.13 Å². The van der Waals surface area contributed by atoms with E-state index >= 15 is 0 Å². The van der Waals surface area contributed by atoms with Crippen LogP contribution >= 0.6 is 43.2 Å². The van der Waals surface area contributed by atoms with Gasteiger partial charge in [-0.15, -0.1) is 11.3 Å². The molecule has 1 unspecified atom stereocenters. The highest BCUT2D eigenvalue weighted by molar-refractivity contribution is 9.11. The third-order valence-corrected chi connectivity index (χ3v) is 5.73. The summed E-state index contributed by atoms with van der Waals surface area (Å²) in [6.07, 6.45) is 1.45. The molecule has 0 aliphatic heterocycles. The van der Waals surface area contributed by atoms with E-state index in [1.54, 1.807) is 0 Å². The number of hydrogen-bond acceptors (Lipinski definition) is 4. The molecule has 2 N–H and O–H groups in total. The topological polar surface area (TPSA) is 62.2 Å². The number of aliphatic carboxylic acids is 1. The van der Waals surface area contributed by atoms with Crippen LogP contribution in [0.15, 0.2) is 21.1 Å². The van der Waals surface area contributed by atoms with E-state index in [1.807, 2.05) is 19.1 Å². The number of thiazole rings is 1. The summed E-state index contributed by atoms with van der Waals surface area (Å²) in [5, 5.41) is 13.2. The van der Waals surface area contributed by atoms with E-state index in [0.29, 0.717) is 12.1 Å². The van der Waals surface area contributed by atoms with E-state index < -0.39 is 11.9 Å². The minimum Gasteiger partial charge on any atom is -0.481 e. The van der Waals surface area contributed by atoms with Crippen LogP contribution in [-0.4, -0.2) is 16.1 Å². The number of carboxylic acid groups (broad SMARTS) is 1. The molecule has 0 spiro atoms. The van der Waals surface area contributed by atoms with Crippen molar-refractivity contribution in [3.63, 3.8) is 0 Å². The molecule has 1 aliphatic rings. The molecule has 1 aliphatic carbocycles. The highest BCUT2D eigenvalue weighted by Gasteiger charge is 2.32. The number of rotatable bonds is 3. The quantitative estimate of drug-likeness (QED) is 0.730. The second-order valence-electron chi connectivity index (χ2n) is 4.99. The fraction of sp³-hybridized carbons (Fsp3) is 0.286. The summed E-state index contributed by atoms with van der Waals surface area (Å²) in [5.41, 5.74) is 2.76. The summed E-state index contributed by atoms with van der Waals surface area (Å²) in [6.45, 7) is 2.02. The lowest BCUT2D eigenvalue weighted by molar-refractivity contribution is -0.138. The third-order valence-electron chi connectivity index (χ3n) is 3.43. The number of halogens is 2. The number of anilines is 2. The highest BCUT2D eigenvalue weighted by atomic mass is 79.9. The van der Waals surface area contributed by atoms with Crippen LogP contribution < -0.4 is 5.32 Å². The maximum Gasteiger partial charge on any atom is 0.312 e. The molecule has 3 rings (SSSR count). The van der Waals surface area contributed by atoms with Crippen molar-refractivity contribution in [3.05, 3.63) is 37.2 Å². The van der Waals surface area contributed by atoms with Crippen molar-refractivity contribution >= 4 is 60.0 Å². The molecule has 1 atom stereocenters. The van der Waals surface area contributed by atoms with Crippen LogP contribution in [-0.2, 0) is 11.2 Å². The second kappa shape index (κ2) is 5.70. The van der Waals surface area contributed by atoms with E-state index in [2.05, 4.69) is 42.2 Å². The first-order chi connectivity index (χ1) is 9.95. The maximum absolute atomic E-state index is 11.2. The largest absolute Gasteiger partial charge is 0.481 e. The fourth-order valence-electron chi connectivity index (χ4n) is 2.45. The first-order valence-corrected chi connectivity index (χ1v) is 8.81. The van der Waals surface area contributed by atoms with E-state index in [1.165, 1.54) is 11.3 Å². The third kappa shape index (κ3) is 2.86. The van der Waals surface area contributed by atoms with Crippen molar-refractivity contribution in [3.8, 4) is 0 Å². The average Bonchev–Trinajstić information content (AvgIpc) is 2.92. The Hall–Kier alpha value is -0.920. The average molecular weight is 432 g/mol. The first kappa shape index (κ1) is 15.0. The van der Waals surface area contributed by atoms with Crippen LogP contribution in [0.5, 0.6) is 0 Å². The van der Waals surface area contributed by atoms with Gasteiger partial charge in [0, 0.05) is 13.8 Å². The van der Waals surface area contributed by atoms with E-state index in [9.17, 15) is 9.90 Å². The van der Waals surface area contributed by atoms with Crippen molar-refractivity contribution < 1.29 is 9.90 Å². The molecule has 1 aromatic heterocycles. The Bertz CT molecular complexity index is 707. The molecule has 0 saturated carbocycles. The summed E-state index contributed by atoms with van der Waals surface area (Å²) in [4.78, 5) is 16.8. The molecular weight excluding hydrogens is 420 g/mol. The zero-order valence-corrected chi connectivity index (χ0v) is 15.1. The Morgan fingerprint density at radius 2 is 2.10 bits per heavy atom. The van der Waals surface area contributed by atoms with Gasteiger partial charge in [-0.1, -0.05) is 0 Å². The molecule has 21 heavy (non-hydrogen) atoms. The number of carboxylic acids is 1. The molecule has 0 amide bonds. The second-order valence-corrected chi connectivity index (χ2v) is 7.78. The van der Waals surface area contributed by atoms with Crippen LogP contribution in [0.4, 0.5) is 10.8 Å². The zero-order valence-electron chi connectivity index (χ0n) is 11.1. The summed E-state index contributed by atoms with van der Waals surface area (Å²) in [7, 11) is 0. The fourth-order valence-corrected chi connectivity index (χ4v) is 5.10. The summed E-state index contributed by atoms with van der Waals surface area (Å²) in [6, 6.07) is 4.04. The standard InChI is InChI=1S/C14H12Br2N2O2S/c1-6-4-8(15)12(9(16)5-6)18-14-17-11-7(13(19)20)2-3-10(11)21-14/h4-5,7H,2-3H2,1H3,(H,17,18)(H,19,20). The summed E-state index contributed by atoms with van der Waals surface area (Å²) >= 11 is 8.61. The molecule has 110 valence electrons. The van der Waals surface area contributed by atoms with Gasteiger partial charge in [0.05, 0.1) is 11.4 Å².